The highest BCUT2D eigenvalue weighted by molar-refractivity contribution is 5.94. The lowest BCUT2D eigenvalue weighted by Crippen LogP contribution is -2.38. The maximum Gasteiger partial charge on any atom is 0.269 e. The van der Waals surface area contributed by atoms with Crippen LogP contribution >= 0.6 is 0 Å². The van der Waals surface area contributed by atoms with Gasteiger partial charge in [0.05, 0.1) is 4.92 Å². The Kier molecular flexibility index (Phi) is 5.26. The van der Waals surface area contributed by atoms with E-state index in [0.717, 1.165) is 6.42 Å². The molecule has 2 amide bonds. The van der Waals surface area contributed by atoms with Crippen LogP contribution in [0.3, 0.4) is 0 Å². The molecule has 0 saturated heterocycles. The summed E-state index contributed by atoms with van der Waals surface area (Å²) >= 11 is 0. The Labute approximate surface area is 150 Å². The van der Waals surface area contributed by atoms with E-state index >= 15 is 0 Å². The summed E-state index contributed by atoms with van der Waals surface area (Å²) in [6.45, 7) is 1.52. The molecule has 1 heterocycles. The fourth-order valence-electron chi connectivity index (χ4n) is 2.99. The molecule has 7 nitrogen and oxygen atoms in total. The van der Waals surface area contributed by atoms with Crippen LogP contribution in [0.25, 0.3) is 0 Å². The Hall–Kier alpha value is -3.22. The number of benzene rings is 2. The lowest BCUT2D eigenvalue weighted by atomic mass is 10.00. The monoisotopic (exact) mass is 353 g/mol. The lowest BCUT2D eigenvalue weighted by molar-refractivity contribution is -0.384. The van der Waals surface area contributed by atoms with Crippen molar-refractivity contribution >= 4 is 17.5 Å². The number of hydrogen-bond acceptors (Lipinski definition) is 4. The number of amides is 2. The van der Waals surface area contributed by atoms with E-state index in [2.05, 4.69) is 11.4 Å². The number of non-ortho nitro benzene ring substituents is 1. The van der Waals surface area contributed by atoms with E-state index in [1.54, 1.807) is 4.90 Å². The summed E-state index contributed by atoms with van der Waals surface area (Å²) in [4.78, 5) is 36.3. The number of carbonyl (C=O) groups is 2. The Bertz CT molecular complexity index is 833. The summed E-state index contributed by atoms with van der Waals surface area (Å²) in [6, 6.07) is 13.5. The number of nitrogens with zero attached hydrogens (tertiary/aromatic N) is 2. The van der Waals surface area contributed by atoms with Gasteiger partial charge in [-0.25, -0.2) is 0 Å². The lowest BCUT2D eigenvalue weighted by Gasteiger charge is -2.29. The van der Waals surface area contributed by atoms with Crippen LogP contribution < -0.4 is 5.32 Å². The van der Waals surface area contributed by atoms with Gasteiger partial charge in [-0.1, -0.05) is 24.3 Å². The topological polar surface area (TPSA) is 92.6 Å². The van der Waals surface area contributed by atoms with Crippen molar-refractivity contribution in [2.75, 3.05) is 13.1 Å². The molecule has 1 aliphatic heterocycles. The number of hydrogen-bond donors (Lipinski definition) is 1. The van der Waals surface area contributed by atoms with Gasteiger partial charge in [0.1, 0.15) is 0 Å². The summed E-state index contributed by atoms with van der Waals surface area (Å²) in [7, 11) is 0. The fraction of sp³-hybridized carbons (Fsp3) is 0.263. The molecule has 0 spiro atoms. The first-order valence-corrected chi connectivity index (χ1v) is 8.42. The second-order valence-corrected chi connectivity index (χ2v) is 6.14. The van der Waals surface area contributed by atoms with E-state index < -0.39 is 4.92 Å². The molecule has 3 rings (SSSR count). The number of nitro benzene ring substituents is 1. The molecule has 0 atom stereocenters. The highest BCUT2D eigenvalue weighted by atomic mass is 16.6. The van der Waals surface area contributed by atoms with Crippen molar-refractivity contribution in [1.82, 2.24) is 10.2 Å². The normalized spacial score (nSPS) is 13.0. The maximum absolute atomic E-state index is 12.3. The molecule has 1 aliphatic rings. The highest BCUT2D eigenvalue weighted by Crippen LogP contribution is 2.19. The van der Waals surface area contributed by atoms with Gasteiger partial charge in [0.2, 0.25) is 5.91 Å². The van der Waals surface area contributed by atoms with Crippen molar-refractivity contribution in [2.45, 2.75) is 19.4 Å². The van der Waals surface area contributed by atoms with Gasteiger partial charge < -0.3 is 10.2 Å². The fourth-order valence-corrected chi connectivity index (χ4v) is 2.99. The zero-order valence-electron chi connectivity index (χ0n) is 14.2. The minimum absolute atomic E-state index is 0.00324. The van der Waals surface area contributed by atoms with E-state index in [9.17, 15) is 19.7 Å². The van der Waals surface area contributed by atoms with Gasteiger partial charge in [-0.3, -0.25) is 19.7 Å². The molecular weight excluding hydrogens is 334 g/mol. The van der Waals surface area contributed by atoms with E-state index in [0.29, 0.717) is 18.7 Å². The van der Waals surface area contributed by atoms with Gasteiger partial charge in [-0.15, -0.1) is 0 Å². The van der Waals surface area contributed by atoms with Crippen molar-refractivity contribution in [1.29, 1.82) is 0 Å². The third-order valence-electron chi connectivity index (χ3n) is 4.45. The minimum atomic E-state index is -0.517. The number of rotatable bonds is 5. The molecule has 26 heavy (non-hydrogen) atoms. The molecule has 134 valence electrons. The average molecular weight is 353 g/mol. The molecule has 0 saturated carbocycles. The minimum Gasteiger partial charge on any atom is -0.352 e. The molecule has 7 heteroatoms. The van der Waals surface area contributed by atoms with E-state index in [1.165, 1.54) is 35.4 Å². The van der Waals surface area contributed by atoms with Gasteiger partial charge in [-0.2, -0.15) is 0 Å². The first-order chi connectivity index (χ1) is 12.5. The summed E-state index contributed by atoms with van der Waals surface area (Å²) in [5, 5.41) is 13.3. The highest BCUT2D eigenvalue weighted by Gasteiger charge is 2.20. The average Bonchev–Trinajstić information content (AvgIpc) is 2.67. The van der Waals surface area contributed by atoms with Crippen molar-refractivity contribution < 1.29 is 14.5 Å². The zero-order valence-corrected chi connectivity index (χ0v) is 14.2. The Balaban J connectivity index is 1.48. The molecule has 0 radical (unpaired) electrons. The Morgan fingerprint density at radius 3 is 2.46 bits per heavy atom. The number of nitrogens with one attached hydrogen (secondary N) is 1. The van der Waals surface area contributed by atoms with Gasteiger partial charge >= 0.3 is 0 Å². The first kappa shape index (κ1) is 17.6. The second kappa shape index (κ2) is 7.77. The van der Waals surface area contributed by atoms with Gasteiger partial charge in [0.15, 0.2) is 0 Å². The largest absolute Gasteiger partial charge is 0.352 e. The Morgan fingerprint density at radius 1 is 1.08 bits per heavy atom. The Morgan fingerprint density at radius 2 is 1.77 bits per heavy atom. The predicted octanol–water partition coefficient (Wildman–Crippen LogP) is 2.30. The van der Waals surface area contributed by atoms with Crippen molar-refractivity contribution in [3.8, 4) is 0 Å². The number of fused-ring (bicyclic) bond motifs is 1. The van der Waals surface area contributed by atoms with E-state index in [4.69, 9.17) is 0 Å². The molecule has 0 aliphatic carbocycles. The van der Waals surface area contributed by atoms with E-state index in [-0.39, 0.29) is 30.5 Å². The third-order valence-corrected chi connectivity index (χ3v) is 4.45. The van der Waals surface area contributed by atoms with Crippen LogP contribution in [0.5, 0.6) is 0 Å². The van der Waals surface area contributed by atoms with Gasteiger partial charge in [-0.05, 0) is 29.7 Å². The quantitative estimate of drug-likeness (QED) is 0.659. The number of nitro groups is 1. The number of carbonyl (C=O) groups excluding carboxylic acids is 2. The second-order valence-electron chi connectivity index (χ2n) is 6.14. The first-order valence-electron chi connectivity index (χ1n) is 8.42. The smallest absolute Gasteiger partial charge is 0.269 e. The van der Waals surface area contributed by atoms with Crippen LogP contribution in [0.4, 0.5) is 5.69 Å². The molecule has 1 N–H and O–H groups in total. The summed E-state index contributed by atoms with van der Waals surface area (Å²) in [5.74, 6) is -0.347. The van der Waals surface area contributed by atoms with Crippen LogP contribution in [-0.2, 0) is 17.8 Å². The van der Waals surface area contributed by atoms with Crippen LogP contribution in [0, 0.1) is 10.1 Å². The van der Waals surface area contributed by atoms with Crippen LogP contribution in [0.2, 0.25) is 0 Å². The van der Waals surface area contributed by atoms with Gasteiger partial charge in [0.25, 0.3) is 11.6 Å². The zero-order chi connectivity index (χ0) is 18.5. The molecule has 0 fully saturated rings. The summed E-state index contributed by atoms with van der Waals surface area (Å²) < 4.78 is 0. The van der Waals surface area contributed by atoms with Crippen LogP contribution in [-0.4, -0.2) is 34.7 Å². The molecule has 0 bridgehead atoms. The van der Waals surface area contributed by atoms with Crippen molar-refractivity contribution in [3.05, 3.63) is 75.3 Å². The van der Waals surface area contributed by atoms with Gasteiger partial charge in [0, 0.05) is 43.8 Å². The SMILES string of the molecule is O=C(NCCC(=O)N1CCc2ccccc2C1)c1ccc([N+](=O)[O-])cc1. The molecule has 2 aromatic rings. The van der Waals surface area contributed by atoms with Crippen LogP contribution in [0.15, 0.2) is 48.5 Å². The van der Waals surface area contributed by atoms with E-state index in [1.807, 2.05) is 18.2 Å². The molecule has 0 unspecified atom stereocenters. The summed E-state index contributed by atoms with van der Waals surface area (Å²) in [5.41, 5.74) is 2.71. The standard InChI is InChI=1S/C19H19N3O4/c23-18(21-12-10-14-3-1-2-4-16(14)13-21)9-11-20-19(24)15-5-7-17(8-6-15)22(25)26/h1-8H,9-13H2,(H,20,24). The third kappa shape index (κ3) is 4.05. The van der Waals surface area contributed by atoms with Crippen molar-refractivity contribution in [3.63, 3.8) is 0 Å². The summed E-state index contributed by atoms with van der Waals surface area (Å²) in [6.07, 6.45) is 1.07. The van der Waals surface area contributed by atoms with Crippen LogP contribution in [0.1, 0.15) is 27.9 Å². The molecule has 2 aromatic carbocycles. The predicted molar refractivity (Wildman–Crippen MR) is 95.6 cm³/mol. The van der Waals surface area contributed by atoms with Crippen molar-refractivity contribution in [2.24, 2.45) is 0 Å². The molecule has 0 aromatic heterocycles. The molecular formula is C19H19N3O4. The maximum atomic E-state index is 12.3.